The van der Waals surface area contributed by atoms with E-state index in [1.165, 1.54) is 43.8 Å². The van der Waals surface area contributed by atoms with Gasteiger partial charge in [-0.3, -0.25) is 4.98 Å². The van der Waals surface area contributed by atoms with Crippen LogP contribution < -0.4 is 9.47 Å². The molecular weight excluding hydrogens is 295 g/mol. The van der Waals surface area contributed by atoms with E-state index in [4.69, 9.17) is 16.3 Å². The lowest BCUT2D eigenvalue weighted by Crippen LogP contribution is -2.16. The molecule has 1 aromatic carbocycles. The van der Waals surface area contributed by atoms with Crippen LogP contribution in [-0.2, 0) is 0 Å². The molecule has 0 unspecified atom stereocenters. The number of rotatable bonds is 3. The van der Waals surface area contributed by atoms with Gasteiger partial charge < -0.3 is 9.47 Å². The van der Waals surface area contributed by atoms with Gasteiger partial charge in [0.05, 0.1) is 7.11 Å². The van der Waals surface area contributed by atoms with Crippen molar-refractivity contribution in [2.45, 2.75) is 6.36 Å². The second-order valence-corrected chi connectivity index (χ2v) is 4.18. The highest BCUT2D eigenvalue weighted by atomic mass is 35.5. The highest BCUT2D eigenvalue weighted by molar-refractivity contribution is 6.32. The maximum absolute atomic E-state index is 12.1. The van der Waals surface area contributed by atoms with E-state index in [9.17, 15) is 13.2 Å². The Kier molecular flexibility index (Phi) is 4.04. The van der Waals surface area contributed by atoms with Gasteiger partial charge in [0, 0.05) is 18.0 Å². The topological polar surface area (TPSA) is 31.4 Å². The quantitative estimate of drug-likeness (QED) is 0.846. The standard InChI is InChI=1S/C13H9ClF3NO2/c1-19-12-10(6-18-7-11(12)14)8-2-4-9(5-3-8)20-13(15,16)17/h2-7H,1H3. The van der Waals surface area contributed by atoms with Crippen LogP contribution in [0, 0.1) is 0 Å². The number of benzene rings is 1. The minimum absolute atomic E-state index is 0.296. The molecule has 3 nitrogen and oxygen atoms in total. The molecule has 1 heterocycles. The molecule has 2 rings (SSSR count). The van der Waals surface area contributed by atoms with Crippen molar-refractivity contribution in [3.05, 3.63) is 41.7 Å². The van der Waals surface area contributed by atoms with Gasteiger partial charge in [0.2, 0.25) is 0 Å². The summed E-state index contributed by atoms with van der Waals surface area (Å²) in [5.74, 6) is 0.112. The fraction of sp³-hybridized carbons (Fsp3) is 0.154. The van der Waals surface area contributed by atoms with E-state index in [0.29, 0.717) is 21.9 Å². The zero-order valence-corrected chi connectivity index (χ0v) is 11.0. The van der Waals surface area contributed by atoms with E-state index in [2.05, 4.69) is 9.72 Å². The Hall–Kier alpha value is -1.95. The molecule has 0 aliphatic rings. The fourth-order valence-electron chi connectivity index (χ4n) is 1.67. The molecule has 0 spiro atoms. The van der Waals surface area contributed by atoms with E-state index in [1.807, 2.05) is 0 Å². The normalized spacial score (nSPS) is 11.2. The molecule has 0 bridgehead atoms. The predicted octanol–water partition coefficient (Wildman–Crippen LogP) is 4.31. The molecule has 0 aliphatic heterocycles. The molecule has 0 atom stereocenters. The van der Waals surface area contributed by atoms with Crippen LogP contribution in [0.4, 0.5) is 13.2 Å². The lowest BCUT2D eigenvalue weighted by atomic mass is 10.1. The number of ether oxygens (including phenoxy) is 2. The van der Waals surface area contributed by atoms with Crippen LogP contribution in [0.25, 0.3) is 11.1 Å². The summed E-state index contributed by atoms with van der Waals surface area (Å²) in [6.07, 6.45) is -1.77. The third kappa shape index (κ3) is 3.33. The van der Waals surface area contributed by atoms with Gasteiger partial charge in [0.15, 0.2) is 0 Å². The van der Waals surface area contributed by atoms with E-state index in [1.54, 1.807) is 0 Å². The van der Waals surface area contributed by atoms with Crippen molar-refractivity contribution in [3.63, 3.8) is 0 Å². The summed E-state index contributed by atoms with van der Waals surface area (Å²) in [6.45, 7) is 0. The number of halogens is 4. The van der Waals surface area contributed by atoms with E-state index in [-0.39, 0.29) is 5.75 Å². The fourth-order valence-corrected chi connectivity index (χ4v) is 1.91. The van der Waals surface area contributed by atoms with Crippen molar-refractivity contribution in [2.24, 2.45) is 0 Å². The number of pyridine rings is 1. The first-order valence-electron chi connectivity index (χ1n) is 5.44. The number of hydrogen-bond donors (Lipinski definition) is 0. The van der Waals surface area contributed by atoms with Gasteiger partial charge in [-0.15, -0.1) is 13.2 Å². The summed E-state index contributed by atoms with van der Waals surface area (Å²) in [4.78, 5) is 3.93. The first kappa shape index (κ1) is 14.5. The van der Waals surface area contributed by atoms with Gasteiger partial charge >= 0.3 is 6.36 Å². The molecule has 106 valence electrons. The van der Waals surface area contributed by atoms with Crippen molar-refractivity contribution in [3.8, 4) is 22.6 Å². The largest absolute Gasteiger partial charge is 0.573 e. The molecule has 2 aromatic rings. The number of hydrogen-bond acceptors (Lipinski definition) is 3. The van der Waals surface area contributed by atoms with Crippen LogP contribution in [0.2, 0.25) is 5.02 Å². The maximum atomic E-state index is 12.1. The smallest absolute Gasteiger partial charge is 0.494 e. The average molecular weight is 304 g/mol. The van der Waals surface area contributed by atoms with Crippen LogP contribution in [0.15, 0.2) is 36.7 Å². The third-order valence-corrected chi connectivity index (χ3v) is 2.73. The molecular formula is C13H9ClF3NO2. The second-order valence-electron chi connectivity index (χ2n) is 3.77. The van der Waals surface area contributed by atoms with Crippen molar-refractivity contribution in [1.82, 2.24) is 4.98 Å². The van der Waals surface area contributed by atoms with Gasteiger partial charge in [0.1, 0.15) is 16.5 Å². The molecule has 0 N–H and O–H groups in total. The second kappa shape index (κ2) is 5.58. The van der Waals surface area contributed by atoms with Crippen LogP contribution in [0.1, 0.15) is 0 Å². The van der Waals surface area contributed by atoms with Crippen molar-refractivity contribution >= 4 is 11.6 Å². The minimum Gasteiger partial charge on any atom is -0.494 e. The van der Waals surface area contributed by atoms with Crippen molar-refractivity contribution < 1.29 is 22.6 Å². The molecule has 0 amide bonds. The van der Waals surface area contributed by atoms with Crippen LogP contribution in [0.3, 0.4) is 0 Å². The van der Waals surface area contributed by atoms with Crippen molar-refractivity contribution in [1.29, 1.82) is 0 Å². The Labute approximate surface area is 117 Å². The molecule has 20 heavy (non-hydrogen) atoms. The third-order valence-electron chi connectivity index (χ3n) is 2.46. The van der Waals surface area contributed by atoms with Crippen LogP contribution in [-0.4, -0.2) is 18.5 Å². The van der Waals surface area contributed by atoms with Crippen molar-refractivity contribution in [2.75, 3.05) is 7.11 Å². The molecule has 0 aliphatic carbocycles. The summed E-state index contributed by atoms with van der Waals surface area (Å²) in [7, 11) is 1.45. The zero-order chi connectivity index (χ0) is 14.8. The van der Waals surface area contributed by atoms with E-state index < -0.39 is 6.36 Å². The maximum Gasteiger partial charge on any atom is 0.573 e. The van der Waals surface area contributed by atoms with Gasteiger partial charge in [-0.2, -0.15) is 0 Å². The Balaban J connectivity index is 2.33. The van der Waals surface area contributed by atoms with Crippen LogP contribution >= 0.6 is 11.6 Å². The molecule has 0 radical (unpaired) electrons. The first-order valence-corrected chi connectivity index (χ1v) is 5.82. The minimum atomic E-state index is -4.71. The predicted molar refractivity (Wildman–Crippen MR) is 67.9 cm³/mol. The van der Waals surface area contributed by atoms with Crippen LogP contribution in [0.5, 0.6) is 11.5 Å². The molecule has 7 heteroatoms. The van der Waals surface area contributed by atoms with E-state index in [0.717, 1.165) is 0 Å². The highest BCUT2D eigenvalue weighted by Crippen LogP contribution is 2.35. The zero-order valence-electron chi connectivity index (χ0n) is 10.2. The first-order chi connectivity index (χ1) is 9.40. The van der Waals surface area contributed by atoms with Gasteiger partial charge in [-0.1, -0.05) is 23.7 Å². The molecule has 0 saturated heterocycles. The summed E-state index contributed by atoms with van der Waals surface area (Å²) in [5.41, 5.74) is 1.20. The van der Waals surface area contributed by atoms with Gasteiger partial charge in [-0.05, 0) is 17.7 Å². The van der Waals surface area contributed by atoms with Gasteiger partial charge in [-0.25, -0.2) is 0 Å². The number of aromatic nitrogens is 1. The summed E-state index contributed by atoms with van der Waals surface area (Å²) < 4.78 is 45.2. The summed E-state index contributed by atoms with van der Waals surface area (Å²) in [6, 6.07) is 5.36. The Morgan fingerprint density at radius 2 is 1.75 bits per heavy atom. The van der Waals surface area contributed by atoms with E-state index >= 15 is 0 Å². The average Bonchev–Trinajstić information content (AvgIpc) is 2.37. The van der Waals surface area contributed by atoms with Gasteiger partial charge in [0.25, 0.3) is 0 Å². The Morgan fingerprint density at radius 1 is 1.10 bits per heavy atom. The molecule has 0 saturated carbocycles. The lowest BCUT2D eigenvalue weighted by Gasteiger charge is -2.11. The monoisotopic (exact) mass is 303 g/mol. The Bertz CT molecular complexity index is 600. The SMILES string of the molecule is COc1c(Cl)cncc1-c1ccc(OC(F)(F)F)cc1. The molecule has 0 fully saturated rings. The molecule has 1 aromatic heterocycles. The highest BCUT2D eigenvalue weighted by Gasteiger charge is 2.31. The number of nitrogens with zero attached hydrogens (tertiary/aromatic N) is 1. The summed E-state index contributed by atoms with van der Waals surface area (Å²) >= 11 is 5.94. The number of methoxy groups -OCH3 is 1. The lowest BCUT2D eigenvalue weighted by molar-refractivity contribution is -0.274. The summed E-state index contributed by atoms with van der Waals surface area (Å²) in [5, 5.41) is 0.320. The number of alkyl halides is 3. The Morgan fingerprint density at radius 3 is 2.30 bits per heavy atom.